The number of hydrogen-bond acceptors (Lipinski definition) is 5. The molecule has 0 aliphatic carbocycles. The number of amides is 1. The molecule has 1 fully saturated rings. The molecule has 0 radical (unpaired) electrons. The molecule has 136 valence electrons. The second kappa shape index (κ2) is 8.14. The van der Waals surface area contributed by atoms with Gasteiger partial charge in [-0.2, -0.15) is 0 Å². The predicted octanol–water partition coefficient (Wildman–Crippen LogP) is 3.29. The number of pyridine rings is 1. The Labute approximate surface area is 156 Å². The van der Waals surface area contributed by atoms with Gasteiger partial charge < -0.3 is 10.2 Å². The number of aromatic nitrogens is 1. The maximum absolute atomic E-state index is 12.4. The Morgan fingerprint density at radius 3 is 2.73 bits per heavy atom. The van der Waals surface area contributed by atoms with Crippen LogP contribution in [0.5, 0.6) is 0 Å². The first-order chi connectivity index (χ1) is 12.5. The van der Waals surface area contributed by atoms with E-state index < -0.39 is 10.8 Å². The smallest absolute Gasteiger partial charge is 0.282 e. The van der Waals surface area contributed by atoms with Gasteiger partial charge in [0.15, 0.2) is 0 Å². The van der Waals surface area contributed by atoms with Crippen molar-refractivity contribution < 1.29 is 9.72 Å². The average Bonchev–Trinajstić information content (AvgIpc) is 2.67. The highest BCUT2D eigenvalue weighted by Crippen LogP contribution is 2.24. The Bertz CT molecular complexity index is 792. The first-order valence-corrected chi connectivity index (χ1v) is 8.80. The first kappa shape index (κ1) is 18.1. The van der Waals surface area contributed by atoms with Crippen LogP contribution in [0.4, 0.5) is 11.5 Å². The number of hydrogen-bond donors (Lipinski definition) is 1. The number of nitro groups is 1. The Kier molecular flexibility index (Phi) is 5.68. The summed E-state index contributed by atoms with van der Waals surface area (Å²) in [4.78, 5) is 29.4. The van der Waals surface area contributed by atoms with Gasteiger partial charge in [-0.05, 0) is 43.0 Å². The zero-order chi connectivity index (χ0) is 18.5. The quantitative estimate of drug-likeness (QED) is 0.640. The Balaban J connectivity index is 1.55. The zero-order valence-corrected chi connectivity index (χ0v) is 14.9. The van der Waals surface area contributed by atoms with E-state index >= 15 is 0 Å². The maximum Gasteiger partial charge on any atom is 0.282 e. The number of piperidine rings is 1. The van der Waals surface area contributed by atoms with Crippen LogP contribution in [0.15, 0.2) is 42.6 Å². The van der Waals surface area contributed by atoms with Crippen LogP contribution >= 0.6 is 11.6 Å². The SMILES string of the molecule is O=C(NCC1CCN(c2ccccn2)CC1)c1cc(Cl)ccc1[N+](=O)[O-]. The molecule has 8 heteroatoms. The predicted molar refractivity (Wildman–Crippen MR) is 99.6 cm³/mol. The van der Waals surface area contributed by atoms with Crippen molar-refractivity contribution in [1.29, 1.82) is 0 Å². The summed E-state index contributed by atoms with van der Waals surface area (Å²) in [6, 6.07) is 9.83. The van der Waals surface area contributed by atoms with Gasteiger partial charge in [0.05, 0.1) is 4.92 Å². The van der Waals surface area contributed by atoms with E-state index in [0.29, 0.717) is 17.5 Å². The summed E-state index contributed by atoms with van der Waals surface area (Å²) in [5.41, 5.74) is -0.245. The zero-order valence-electron chi connectivity index (χ0n) is 14.1. The van der Waals surface area contributed by atoms with Gasteiger partial charge in [-0.3, -0.25) is 14.9 Å². The normalized spacial score (nSPS) is 14.9. The van der Waals surface area contributed by atoms with Crippen LogP contribution in [0, 0.1) is 16.0 Å². The highest BCUT2D eigenvalue weighted by Gasteiger charge is 2.23. The van der Waals surface area contributed by atoms with Gasteiger partial charge in [0.25, 0.3) is 11.6 Å². The van der Waals surface area contributed by atoms with E-state index in [0.717, 1.165) is 31.7 Å². The topological polar surface area (TPSA) is 88.4 Å². The van der Waals surface area contributed by atoms with Crippen molar-refractivity contribution in [3.63, 3.8) is 0 Å². The fraction of sp³-hybridized carbons (Fsp3) is 0.333. The molecule has 1 aromatic heterocycles. The minimum absolute atomic E-state index is 0.00609. The molecule has 1 saturated heterocycles. The lowest BCUT2D eigenvalue weighted by molar-refractivity contribution is -0.385. The van der Waals surface area contributed by atoms with Crippen molar-refractivity contribution in [3.8, 4) is 0 Å². The number of carbonyl (C=O) groups is 1. The molecule has 0 spiro atoms. The minimum atomic E-state index is -0.573. The molecule has 2 aromatic rings. The van der Waals surface area contributed by atoms with Crippen molar-refractivity contribution in [2.45, 2.75) is 12.8 Å². The molecular formula is C18H19ClN4O3. The van der Waals surface area contributed by atoms with Crippen LogP contribution < -0.4 is 10.2 Å². The average molecular weight is 375 g/mol. The van der Waals surface area contributed by atoms with Gasteiger partial charge in [-0.1, -0.05) is 17.7 Å². The standard InChI is InChI=1S/C18H19ClN4O3/c19-14-4-5-16(23(25)26)15(11-14)18(24)21-12-13-6-9-22(10-7-13)17-3-1-2-8-20-17/h1-5,8,11,13H,6-7,9-10,12H2,(H,21,24). The van der Waals surface area contributed by atoms with Crippen molar-refractivity contribution in [3.05, 3.63) is 63.3 Å². The lowest BCUT2D eigenvalue weighted by atomic mass is 9.96. The molecule has 1 amide bonds. The third-order valence-electron chi connectivity index (χ3n) is 4.54. The van der Waals surface area contributed by atoms with E-state index in [1.54, 1.807) is 6.20 Å². The maximum atomic E-state index is 12.4. The number of nitrogens with one attached hydrogen (secondary N) is 1. The number of rotatable bonds is 5. The molecule has 7 nitrogen and oxygen atoms in total. The largest absolute Gasteiger partial charge is 0.357 e. The molecule has 0 bridgehead atoms. The van der Waals surface area contributed by atoms with E-state index in [9.17, 15) is 14.9 Å². The number of benzene rings is 1. The number of nitrogens with zero attached hydrogens (tertiary/aromatic N) is 3. The molecule has 1 aliphatic rings. The van der Waals surface area contributed by atoms with Gasteiger partial charge in [-0.25, -0.2) is 4.98 Å². The molecular weight excluding hydrogens is 356 g/mol. The molecule has 0 saturated carbocycles. The lowest BCUT2D eigenvalue weighted by Crippen LogP contribution is -2.39. The Morgan fingerprint density at radius 1 is 1.31 bits per heavy atom. The molecule has 1 aromatic carbocycles. The van der Waals surface area contributed by atoms with Crippen molar-refractivity contribution in [1.82, 2.24) is 10.3 Å². The summed E-state index contributed by atoms with van der Waals surface area (Å²) in [5.74, 6) is 0.827. The third-order valence-corrected chi connectivity index (χ3v) is 4.77. The fourth-order valence-corrected chi connectivity index (χ4v) is 3.26. The summed E-state index contributed by atoms with van der Waals surface area (Å²) in [6.07, 6.45) is 3.63. The van der Waals surface area contributed by atoms with Crippen molar-refractivity contribution >= 4 is 29.0 Å². The first-order valence-electron chi connectivity index (χ1n) is 8.42. The summed E-state index contributed by atoms with van der Waals surface area (Å²) in [6.45, 7) is 2.22. The fourth-order valence-electron chi connectivity index (χ4n) is 3.09. The lowest BCUT2D eigenvalue weighted by Gasteiger charge is -2.32. The van der Waals surface area contributed by atoms with Crippen LogP contribution in [0.2, 0.25) is 5.02 Å². The Morgan fingerprint density at radius 2 is 2.08 bits per heavy atom. The molecule has 0 atom stereocenters. The molecule has 26 heavy (non-hydrogen) atoms. The molecule has 0 unspecified atom stereocenters. The van der Waals surface area contributed by atoms with Crippen molar-refractivity contribution in [2.75, 3.05) is 24.5 Å². The third kappa shape index (κ3) is 4.29. The van der Waals surface area contributed by atoms with Gasteiger partial charge in [0, 0.05) is 36.9 Å². The van der Waals surface area contributed by atoms with Crippen LogP contribution in [0.25, 0.3) is 0 Å². The van der Waals surface area contributed by atoms with Gasteiger partial charge in [-0.15, -0.1) is 0 Å². The van der Waals surface area contributed by atoms with E-state index in [1.165, 1.54) is 18.2 Å². The molecule has 3 rings (SSSR count). The Hall–Kier alpha value is -2.67. The molecule has 1 N–H and O–H groups in total. The summed E-state index contributed by atoms with van der Waals surface area (Å²) < 4.78 is 0. The van der Waals surface area contributed by atoms with Crippen LogP contribution in [0.1, 0.15) is 23.2 Å². The highest BCUT2D eigenvalue weighted by molar-refractivity contribution is 6.31. The summed E-state index contributed by atoms with van der Waals surface area (Å²) in [5, 5.41) is 14.2. The summed E-state index contributed by atoms with van der Waals surface area (Å²) in [7, 11) is 0. The number of nitro benzene ring substituents is 1. The van der Waals surface area contributed by atoms with Gasteiger partial charge in [0.2, 0.25) is 0 Å². The van der Waals surface area contributed by atoms with Crippen LogP contribution in [0.3, 0.4) is 0 Å². The second-order valence-electron chi connectivity index (χ2n) is 6.25. The van der Waals surface area contributed by atoms with E-state index in [1.807, 2.05) is 18.2 Å². The van der Waals surface area contributed by atoms with E-state index in [2.05, 4.69) is 15.2 Å². The van der Waals surface area contributed by atoms with E-state index in [-0.39, 0.29) is 11.3 Å². The second-order valence-corrected chi connectivity index (χ2v) is 6.68. The number of halogens is 1. The monoisotopic (exact) mass is 374 g/mol. The summed E-state index contributed by atoms with van der Waals surface area (Å²) >= 11 is 5.87. The van der Waals surface area contributed by atoms with Crippen LogP contribution in [-0.4, -0.2) is 35.4 Å². The number of anilines is 1. The molecule has 1 aliphatic heterocycles. The molecule has 2 heterocycles. The van der Waals surface area contributed by atoms with Crippen molar-refractivity contribution in [2.24, 2.45) is 5.92 Å². The highest BCUT2D eigenvalue weighted by atomic mass is 35.5. The number of carbonyl (C=O) groups excluding carboxylic acids is 1. The minimum Gasteiger partial charge on any atom is -0.357 e. The van der Waals surface area contributed by atoms with Crippen LogP contribution in [-0.2, 0) is 0 Å². The van der Waals surface area contributed by atoms with Gasteiger partial charge >= 0.3 is 0 Å². The van der Waals surface area contributed by atoms with E-state index in [4.69, 9.17) is 11.6 Å². The van der Waals surface area contributed by atoms with Gasteiger partial charge in [0.1, 0.15) is 11.4 Å².